The second-order valence-electron chi connectivity index (χ2n) is 5.87. The van der Waals surface area contributed by atoms with Crippen LogP contribution in [0.2, 0.25) is 0 Å². The van der Waals surface area contributed by atoms with Gasteiger partial charge in [0.1, 0.15) is 0 Å². The number of nitrogens with zero attached hydrogens (tertiary/aromatic N) is 3. The second-order valence-corrected chi connectivity index (χ2v) is 5.87. The van der Waals surface area contributed by atoms with Crippen LogP contribution in [0.3, 0.4) is 0 Å². The van der Waals surface area contributed by atoms with Crippen LogP contribution in [0.15, 0.2) is 24.3 Å². The molecule has 7 heteroatoms. The smallest absolute Gasteiger partial charge is 0.280 e. The molecule has 1 saturated heterocycles. The van der Waals surface area contributed by atoms with Gasteiger partial charge in [0, 0.05) is 31.9 Å². The van der Waals surface area contributed by atoms with Crippen LogP contribution in [-0.2, 0) is 4.79 Å². The first kappa shape index (κ1) is 16.2. The van der Waals surface area contributed by atoms with Gasteiger partial charge < -0.3 is 14.7 Å². The molecule has 1 atom stereocenters. The Morgan fingerprint density at radius 1 is 1.27 bits per heavy atom. The number of carbonyl (C=O) groups is 1. The van der Waals surface area contributed by atoms with E-state index < -0.39 is 0 Å². The number of anilines is 1. The van der Waals surface area contributed by atoms with Crippen molar-refractivity contribution in [3.05, 3.63) is 34.4 Å². The monoisotopic (exact) mass is 307 g/mol. The maximum atomic E-state index is 12.0. The Morgan fingerprint density at radius 3 is 2.27 bits per heavy atom. The van der Waals surface area contributed by atoms with E-state index in [1.54, 1.807) is 31.1 Å². The van der Waals surface area contributed by atoms with E-state index in [0.29, 0.717) is 0 Å². The first-order chi connectivity index (χ1) is 10.4. The summed E-state index contributed by atoms with van der Waals surface area (Å²) in [5.41, 5.74) is 1.11. The molecule has 120 valence electrons. The summed E-state index contributed by atoms with van der Waals surface area (Å²) in [6, 6.07) is 6.61. The van der Waals surface area contributed by atoms with E-state index in [9.17, 15) is 14.9 Å². The van der Waals surface area contributed by atoms with Crippen molar-refractivity contribution in [2.24, 2.45) is 0 Å². The molecule has 22 heavy (non-hydrogen) atoms. The molecule has 2 rings (SSSR count). The number of piperazine rings is 1. The number of nitrogens with one attached hydrogen (secondary N) is 1. The lowest BCUT2D eigenvalue weighted by Gasteiger charge is -2.36. The van der Waals surface area contributed by atoms with E-state index in [1.165, 1.54) is 17.0 Å². The Balaban J connectivity index is 1.94. The number of non-ortho nitro benzene ring substituents is 1. The Labute approximate surface area is 130 Å². The summed E-state index contributed by atoms with van der Waals surface area (Å²) in [4.78, 5) is 27.4. The number of amides is 1. The predicted octanol–water partition coefficient (Wildman–Crippen LogP) is -0.224. The minimum Gasteiger partial charge on any atom is -0.360 e. The lowest BCUT2D eigenvalue weighted by atomic mass is 10.2. The number of rotatable bonds is 4. The van der Waals surface area contributed by atoms with Gasteiger partial charge in [0.25, 0.3) is 11.6 Å². The first-order valence-electron chi connectivity index (χ1n) is 7.45. The summed E-state index contributed by atoms with van der Waals surface area (Å²) in [6.07, 6.45) is 0. The standard InChI is InChI=1S/C15H22N4O3/c1-12(15(20)16(2)3)17-8-10-18(11-9-17)13-4-6-14(7-5-13)19(21)22/h4-7,12H,8-11H2,1-3H3/p+1/t12-/m0/s1. The number of carbonyl (C=O) groups excluding carboxylic acids is 1. The molecule has 0 bridgehead atoms. The van der Waals surface area contributed by atoms with Gasteiger partial charge in [-0.1, -0.05) is 0 Å². The third-order valence-electron chi connectivity index (χ3n) is 4.25. The number of hydrogen-bond donors (Lipinski definition) is 1. The third-order valence-corrected chi connectivity index (χ3v) is 4.25. The third kappa shape index (κ3) is 3.54. The lowest BCUT2D eigenvalue weighted by molar-refractivity contribution is -0.915. The van der Waals surface area contributed by atoms with Crippen LogP contribution in [0.1, 0.15) is 6.92 Å². The molecule has 0 aromatic heterocycles. The zero-order valence-electron chi connectivity index (χ0n) is 13.3. The quantitative estimate of drug-likeness (QED) is 0.616. The van der Waals surface area contributed by atoms with E-state index in [1.807, 2.05) is 6.92 Å². The summed E-state index contributed by atoms with van der Waals surface area (Å²) >= 11 is 0. The van der Waals surface area contributed by atoms with Gasteiger partial charge >= 0.3 is 0 Å². The van der Waals surface area contributed by atoms with Crippen molar-refractivity contribution in [1.29, 1.82) is 0 Å². The summed E-state index contributed by atoms with van der Waals surface area (Å²) < 4.78 is 0. The minimum atomic E-state index is -0.388. The number of benzene rings is 1. The molecule has 7 nitrogen and oxygen atoms in total. The molecule has 1 aromatic rings. The van der Waals surface area contributed by atoms with E-state index >= 15 is 0 Å². The average molecular weight is 307 g/mol. The number of hydrogen-bond acceptors (Lipinski definition) is 4. The van der Waals surface area contributed by atoms with Crippen molar-refractivity contribution < 1.29 is 14.6 Å². The lowest BCUT2D eigenvalue weighted by Crippen LogP contribution is -3.19. The number of quaternary nitrogens is 1. The van der Waals surface area contributed by atoms with E-state index in [-0.39, 0.29) is 22.6 Å². The Morgan fingerprint density at radius 2 is 1.82 bits per heavy atom. The highest BCUT2D eigenvalue weighted by Crippen LogP contribution is 2.19. The molecular formula is C15H23N4O3+. The fourth-order valence-electron chi connectivity index (χ4n) is 2.83. The van der Waals surface area contributed by atoms with Gasteiger partial charge in [-0.05, 0) is 19.1 Å². The Kier molecular flexibility index (Phi) is 4.97. The molecular weight excluding hydrogens is 284 g/mol. The maximum Gasteiger partial charge on any atom is 0.280 e. The molecule has 1 amide bonds. The molecule has 1 N–H and O–H groups in total. The van der Waals surface area contributed by atoms with Crippen LogP contribution < -0.4 is 9.80 Å². The van der Waals surface area contributed by atoms with Gasteiger partial charge in [0.15, 0.2) is 6.04 Å². The Hall–Kier alpha value is -2.15. The van der Waals surface area contributed by atoms with Crippen LogP contribution in [0, 0.1) is 10.1 Å². The molecule has 0 spiro atoms. The number of nitro groups is 1. The van der Waals surface area contributed by atoms with E-state index in [4.69, 9.17) is 0 Å². The molecule has 0 unspecified atom stereocenters. The van der Waals surface area contributed by atoms with Crippen molar-refractivity contribution >= 4 is 17.3 Å². The number of nitro benzene ring substituents is 1. The molecule has 1 heterocycles. The summed E-state index contributed by atoms with van der Waals surface area (Å²) in [5, 5.41) is 10.7. The fraction of sp³-hybridized carbons (Fsp3) is 0.533. The van der Waals surface area contributed by atoms with Gasteiger partial charge in [0.2, 0.25) is 0 Å². The van der Waals surface area contributed by atoms with Crippen LogP contribution in [0.5, 0.6) is 0 Å². The summed E-state index contributed by atoms with van der Waals surface area (Å²) in [6.45, 7) is 5.44. The molecule has 0 radical (unpaired) electrons. The zero-order chi connectivity index (χ0) is 16.3. The van der Waals surface area contributed by atoms with Crippen molar-refractivity contribution in [2.45, 2.75) is 13.0 Å². The molecule has 1 aliphatic rings. The van der Waals surface area contributed by atoms with Gasteiger partial charge in [-0.25, -0.2) is 0 Å². The second kappa shape index (κ2) is 6.74. The van der Waals surface area contributed by atoms with Gasteiger partial charge in [-0.3, -0.25) is 14.9 Å². The molecule has 1 aliphatic heterocycles. The van der Waals surface area contributed by atoms with Crippen LogP contribution >= 0.6 is 0 Å². The topological polar surface area (TPSA) is 71.1 Å². The molecule has 1 aromatic carbocycles. The van der Waals surface area contributed by atoms with Crippen LogP contribution in [0.25, 0.3) is 0 Å². The highest BCUT2D eigenvalue weighted by atomic mass is 16.6. The van der Waals surface area contributed by atoms with Crippen molar-refractivity contribution in [1.82, 2.24) is 4.90 Å². The van der Waals surface area contributed by atoms with Crippen molar-refractivity contribution in [3.8, 4) is 0 Å². The van der Waals surface area contributed by atoms with E-state index in [2.05, 4.69) is 4.90 Å². The average Bonchev–Trinajstić information content (AvgIpc) is 2.53. The fourth-order valence-corrected chi connectivity index (χ4v) is 2.83. The van der Waals surface area contributed by atoms with Crippen molar-refractivity contribution in [2.75, 3.05) is 45.2 Å². The van der Waals surface area contributed by atoms with Crippen molar-refractivity contribution in [3.63, 3.8) is 0 Å². The number of likely N-dealkylation sites (N-methyl/N-ethyl adjacent to an activating group) is 1. The van der Waals surface area contributed by atoms with E-state index in [0.717, 1.165) is 31.9 Å². The zero-order valence-corrected chi connectivity index (χ0v) is 13.3. The van der Waals surface area contributed by atoms with Crippen LogP contribution in [-0.4, -0.2) is 62.0 Å². The Bertz CT molecular complexity index is 536. The first-order valence-corrected chi connectivity index (χ1v) is 7.45. The largest absolute Gasteiger partial charge is 0.360 e. The molecule has 1 fully saturated rings. The highest BCUT2D eigenvalue weighted by molar-refractivity contribution is 5.79. The minimum absolute atomic E-state index is 0.0333. The summed E-state index contributed by atoms with van der Waals surface area (Å²) in [7, 11) is 3.57. The molecule has 0 aliphatic carbocycles. The maximum absolute atomic E-state index is 12.0. The molecule has 0 saturated carbocycles. The van der Waals surface area contributed by atoms with Gasteiger partial charge in [-0.2, -0.15) is 0 Å². The van der Waals surface area contributed by atoms with Gasteiger partial charge in [0.05, 0.1) is 31.1 Å². The SMILES string of the molecule is C[C@@H](C(=O)N(C)C)[NH+]1CCN(c2ccc([N+](=O)[O-])cc2)CC1. The van der Waals surface area contributed by atoms with Gasteiger partial charge in [-0.15, -0.1) is 0 Å². The predicted molar refractivity (Wildman–Crippen MR) is 84.2 cm³/mol. The highest BCUT2D eigenvalue weighted by Gasteiger charge is 2.30. The van der Waals surface area contributed by atoms with Crippen LogP contribution in [0.4, 0.5) is 11.4 Å². The normalized spacial score (nSPS) is 17.1. The summed E-state index contributed by atoms with van der Waals surface area (Å²) in [5.74, 6) is 0.152.